The molecule has 0 bridgehead atoms. The Bertz CT molecular complexity index is 180. The van der Waals surface area contributed by atoms with Gasteiger partial charge in [-0.15, -0.1) is 0 Å². The first kappa shape index (κ1) is 10.5. The summed E-state index contributed by atoms with van der Waals surface area (Å²) in [6, 6.07) is 0. The van der Waals surface area contributed by atoms with Crippen molar-refractivity contribution in [1.29, 1.82) is 0 Å². The quantitative estimate of drug-likeness (QED) is 0.677. The molecule has 2 aliphatic rings. The first-order valence-electron chi connectivity index (χ1n) is 6.38. The maximum atomic E-state index is 3.56. The first-order chi connectivity index (χ1) is 6.67. The van der Waals surface area contributed by atoms with E-state index in [0.29, 0.717) is 5.41 Å². The Hall–Kier alpha value is -0.0400. The molecule has 2 rings (SSSR count). The zero-order valence-corrected chi connectivity index (χ0v) is 9.81. The molecule has 0 radical (unpaired) electrons. The lowest BCUT2D eigenvalue weighted by Gasteiger charge is -2.40. The van der Waals surface area contributed by atoms with E-state index in [1.165, 1.54) is 51.6 Å². The molecular formula is C13H25N. The lowest BCUT2D eigenvalue weighted by molar-refractivity contribution is 0.119. The second kappa shape index (κ2) is 4.22. The van der Waals surface area contributed by atoms with Gasteiger partial charge in [-0.05, 0) is 56.0 Å². The van der Waals surface area contributed by atoms with Gasteiger partial charge >= 0.3 is 0 Å². The van der Waals surface area contributed by atoms with E-state index < -0.39 is 0 Å². The summed E-state index contributed by atoms with van der Waals surface area (Å²) < 4.78 is 0. The smallest absolute Gasteiger partial charge is 0.00179 e. The van der Waals surface area contributed by atoms with Crippen LogP contribution in [-0.4, -0.2) is 13.1 Å². The van der Waals surface area contributed by atoms with Gasteiger partial charge in [-0.1, -0.05) is 26.7 Å². The molecule has 1 heterocycles. The summed E-state index contributed by atoms with van der Waals surface area (Å²) in [4.78, 5) is 0. The number of hydrogen-bond acceptors (Lipinski definition) is 1. The van der Waals surface area contributed by atoms with Crippen molar-refractivity contribution in [2.24, 2.45) is 17.3 Å². The van der Waals surface area contributed by atoms with E-state index in [1.807, 2.05) is 0 Å². The van der Waals surface area contributed by atoms with Gasteiger partial charge < -0.3 is 5.32 Å². The van der Waals surface area contributed by atoms with Crippen molar-refractivity contribution in [3.05, 3.63) is 0 Å². The van der Waals surface area contributed by atoms with Crippen molar-refractivity contribution in [1.82, 2.24) is 5.32 Å². The fourth-order valence-electron chi connectivity index (χ4n) is 3.44. The topological polar surface area (TPSA) is 12.0 Å². The van der Waals surface area contributed by atoms with E-state index in [2.05, 4.69) is 19.2 Å². The van der Waals surface area contributed by atoms with Crippen molar-refractivity contribution < 1.29 is 0 Å². The highest BCUT2D eigenvalue weighted by atomic mass is 14.9. The van der Waals surface area contributed by atoms with Gasteiger partial charge in [0, 0.05) is 0 Å². The minimum Gasteiger partial charge on any atom is -0.316 e. The highest BCUT2D eigenvalue weighted by molar-refractivity contribution is 4.85. The fourth-order valence-corrected chi connectivity index (χ4v) is 3.44. The second-order valence-electron chi connectivity index (χ2n) is 6.13. The highest BCUT2D eigenvalue weighted by Gasteiger charge is 2.32. The minimum atomic E-state index is 0.625. The molecule has 2 atom stereocenters. The molecule has 1 nitrogen and oxygen atoms in total. The third-order valence-corrected chi connectivity index (χ3v) is 4.24. The molecule has 2 unspecified atom stereocenters. The summed E-state index contributed by atoms with van der Waals surface area (Å²) in [6.45, 7) is 7.46. The standard InChI is InChI=1S/C13H25N/c1-13(2)7-3-5-11(9-13)12-6-4-8-14-10-12/h11-12,14H,3-10H2,1-2H3. The van der Waals surface area contributed by atoms with Crippen LogP contribution in [0.25, 0.3) is 0 Å². The van der Waals surface area contributed by atoms with Gasteiger partial charge in [0.1, 0.15) is 0 Å². The molecule has 0 aromatic carbocycles. The maximum Gasteiger partial charge on any atom is -0.00179 e. The van der Waals surface area contributed by atoms with Crippen molar-refractivity contribution in [3.63, 3.8) is 0 Å². The van der Waals surface area contributed by atoms with E-state index >= 15 is 0 Å². The van der Waals surface area contributed by atoms with Crippen LogP contribution in [0, 0.1) is 17.3 Å². The Morgan fingerprint density at radius 2 is 1.86 bits per heavy atom. The van der Waals surface area contributed by atoms with E-state index in [-0.39, 0.29) is 0 Å². The predicted octanol–water partition coefficient (Wildman–Crippen LogP) is 3.20. The van der Waals surface area contributed by atoms with Crippen LogP contribution in [0.5, 0.6) is 0 Å². The molecule has 1 aliphatic carbocycles. The van der Waals surface area contributed by atoms with E-state index in [9.17, 15) is 0 Å². The molecule has 1 N–H and O–H groups in total. The SMILES string of the molecule is CC1(C)CCCC(C2CCCNC2)C1. The van der Waals surface area contributed by atoms with E-state index in [4.69, 9.17) is 0 Å². The third kappa shape index (κ3) is 2.50. The summed E-state index contributed by atoms with van der Waals surface area (Å²) in [7, 11) is 0. The van der Waals surface area contributed by atoms with Crippen LogP contribution in [0.1, 0.15) is 52.4 Å². The van der Waals surface area contributed by atoms with Crippen molar-refractivity contribution >= 4 is 0 Å². The second-order valence-corrected chi connectivity index (χ2v) is 6.13. The summed E-state index contributed by atoms with van der Waals surface area (Å²) in [6.07, 6.45) is 8.77. The van der Waals surface area contributed by atoms with E-state index in [1.54, 1.807) is 0 Å². The molecule has 1 saturated heterocycles. The third-order valence-electron chi connectivity index (χ3n) is 4.24. The zero-order valence-electron chi connectivity index (χ0n) is 9.81. The fraction of sp³-hybridized carbons (Fsp3) is 1.00. The lowest BCUT2D eigenvalue weighted by atomic mass is 9.67. The monoisotopic (exact) mass is 195 g/mol. The van der Waals surface area contributed by atoms with Crippen LogP contribution in [0.15, 0.2) is 0 Å². The molecule has 0 amide bonds. The largest absolute Gasteiger partial charge is 0.316 e. The summed E-state index contributed by atoms with van der Waals surface area (Å²) >= 11 is 0. The van der Waals surface area contributed by atoms with Crippen molar-refractivity contribution in [3.8, 4) is 0 Å². The summed E-state index contributed by atoms with van der Waals surface area (Å²) in [5.74, 6) is 2.01. The number of rotatable bonds is 1. The number of hydrogen-bond donors (Lipinski definition) is 1. The van der Waals surface area contributed by atoms with Gasteiger partial charge in [-0.3, -0.25) is 0 Å². The van der Waals surface area contributed by atoms with E-state index in [0.717, 1.165) is 11.8 Å². The van der Waals surface area contributed by atoms with Gasteiger partial charge in [-0.25, -0.2) is 0 Å². The molecular weight excluding hydrogens is 170 g/mol. The highest BCUT2D eigenvalue weighted by Crippen LogP contribution is 2.42. The molecule has 0 aromatic heterocycles. The Labute approximate surface area is 88.7 Å². The van der Waals surface area contributed by atoms with Crippen LogP contribution in [-0.2, 0) is 0 Å². The van der Waals surface area contributed by atoms with Crippen molar-refractivity contribution in [2.45, 2.75) is 52.4 Å². The van der Waals surface area contributed by atoms with Gasteiger partial charge in [0.15, 0.2) is 0 Å². The van der Waals surface area contributed by atoms with Crippen LogP contribution < -0.4 is 5.32 Å². The Morgan fingerprint density at radius 3 is 2.50 bits per heavy atom. The molecule has 1 heteroatoms. The van der Waals surface area contributed by atoms with Gasteiger partial charge in [0.2, 0.25) is 0 Å². The van der Waals surface area contributed by atoms with Crippen LogP contribution in [0.2, 0.25) is 0 Å². The number of piperidine rings is 1. The van der Waals surface area contributed by atoms with Gasteiger partial charge in [-0.2, -0.15) is 0 Å². The Balaban J connectivity index is 1.89. The number of nitrogens with one attached hydrogen (secondary N) is 1. The minimum absolute atomic E-state index is 0.625. The summed E-state index contributed by atoms with van der Waals surface area (Å²) in [5.41, 5.74) is 0.625. The average Bonchev–Trinajstić information content (AvgIpc) is 2.18. The average molecular weight is 195 g/mol. The molecule has 14 heavy (non-hydrogen) atoms. The Morgan fingerprint density at radius 1 is 1.07 bits per heavy atom. The molecule has 0 aromatic rings. The predicted molar refractivity (Wildman–Crippen MR) is 61.3 cm³/mol. The van der Waals surface area contributed by atoms with Gasteiger partial charge in [0.25, 0.3) is 0 Å². The maximum absolute atomic E-state index is 3.56. The molecule has 0 spiro atoms. The summed E-state index contributed by atoms with van der Waals surface area (Å²) in [5, 5.41) is 3.56. The molecule has 82 valence electrons. The van der Waals surface area contributed by atoms with Crippen LogP contribution in [0.3, 0.4) is 0 Å². The Kier molecular flexibility index (Phi) is 3.16. The molecule has 1 saturated carbocycles. The van der Waals surface area contributed by atoms with Gasteiger partial charge in [0.05, 0.1) is 0 Å². The van der Waals surface area contributed by atoms with Crippen molar-refractivity contribution in [2.75, 3.05) is 13.1 Å². The lowest BCUT2D eigenvalue weighted by Crippen LogP contribution is -2.37. The van der Waals surface area contributed by atoms with Crippen LogP contribution >= 0.6 is 0 Å². The normalized spacial score (nSPS) is 38.1. The molecule has 2 fully saturated rings. The van der Waals surface area contributed by atoms with Crippen LogP contribution in [0.4, 0.5) is 0 Å². The zero-order chi connectivity index (χ0) is 10.0. The first-order valence-corrected chi connectivity index (χ1v) is 6.38. The molecule has 1 aliphatic heterocycles.